The van der Waals surface area contributed by atoms with Crippen molar-refractivity contribution in [3.05, 3.63) is 66.5 Å². The maximum Gasteiger partial charge on any atom is 0.0267 e. The van der Waals surface area contributed by atoms with E-state index >= 15 is 0 Å². The van der Waals surface area contributed by atoms with Crippen molar-refractivity contribution in [2.24, 2.45) is 0 Å². The van der Waals surface area contributed by atoms with Crippen LogP contribution in [0.15, 0.2) is 60.9 Å². The third-order valence-electron chi connectivity index (χ3n) is 3.56. The van der Waals surface area contributed by atoms with E-state index in [9.17, 15) is 0 Å². The Bertz CT molecular complexity index is 551. The first kappa shape index (κ1) is 23.8. The predicted molar refractivity (Wildman–Crippen MR) is 116 cm³/mol. The molecule has 0 atom stereocenters. The monoisotopic (exact) mass is 498 g/mol. The maximum absolute atomic E-state index is 5.57. The minimum absolute atomic E-state index is 0.0765. The Morgan fingerprint density at radius 3 is 1.92 bits per heavy atom. The summed E-state index contributed by atoms with van der Waals surface area (Å²) in [5.41, 5.74) is 1.23. The molecule has 0 unspecified atom stereocenters. The van der Waals surface area contributed by atoms with Crippen LogP contribution in [0, 0.1) is 0 Å². The van der Waals surface area contributed by atoms with E-state index in [4.69, 9.17) is 9.69 Å². The molecule has 1 aromatic heterocycles. The zero-order valence-electron chi connectivity index (χ0n) is 15.4. The molecule has 7 heteroatoms. The average molecular weight is 498 g/mol. The molecule has 145 valence electrons. The van der Waals surface area contributed by atoms with Crippen LogP contribution >= 0.6 is 33.6 Å². The molecule has 0 spiro atoms. The van der Waals surface area contributed by atoms with Gasteiger partial charge in [-0.15, -0.1) is 0 Å². The molecule has 1 aliphatic heterocycles. The van der Waals surface area contributed by atoms with Gasteiger partial charge in [0, 0.05) is 25.5 Å². The summed E-state index contributed by atoms with van der Waals surface area (Å²) in [4.78, 5) is 3.78. The van der Waals surface area contributed by atoms with Crippen LogP contribution < -0.4 is 0 Å². The zero-order chi connectivity index (χ0) is 19.0. The molecule has 0 amide bonds. The Labute approximate surface area is 178 Å². The fraction of sp³-hybridized carbons (Fsp3) is 0.368. The summed E-state index contributed by atoms with van der Waals surface area (Å²) in [5, 5.41) is 0. The number of nitrogens with zero attached hydrogens (tertiary/aromatic N) is 3. The van der Waals surface area contributed by atoms with E-state index in [2.05, 4.69) is 49.8 Å². The van der Waals surface area contributed by atoms with Crippen molar-refractivity contribution in [3.63, 3.8) is 0 Å². The standard InChI is InChI=1S/C7H16N2S2.C7H6.C5H5N.ClH.Ru/c1-4-7-8(10-2)5-6-9(7)11-3;1-7-5-3-2-4-6-7;1-2-4-6-5-3-1;;/h7H,4-6H2,1-3H3;1-6H;1-5H;1H;/q;;;;+1/p-1. The second kappa shape index (κ2) is 15.8. The molecular formula is C19H27ClN3RuS2. The smallest absolute Gasteiger partial charge is 0.0267 e. The van der Waals surface area contributed by atoms with Crippen LogP contribution in [0.25, 0.3) is 0 Å². The summed E-state index contributed by atoms with van der Waals surface area (Å²) in [6.07, 6.45) is 9.70. The molecule has 1 saturated heterocycles. The fourth-order valence-corrected chi connectivity index (χ4v) is 5.03. The molecular weight excluding hydrogens is 471 g/mol. The van der Waals surface area contributed by atoms with Gasteiger partial charge in [0.15, 0.2) is 0 Å². The summed E-state index contributed by atoms with van der Waals surface area (Å²) in [7, 11) is 5.57. The largest absolute Gasteiger partial charge is 0.265 e. The summed E-state index contributed by atoms with van der Waals surface area (Å²) in [6.45, 7) is 4.67. The van der Waals surface area contributed by atoms with Gasteiger partial charge in [0.2, 0.25) is 0 Å². The average Bonchev–Trinajstić information content (AvgIpc) is 3.13. The first-order valence-electron chi connectivity index (χ1n) is 8.33. The predicted octanol–water partition coefficient (Wildman–Crippen LogP) is 5.05. The van der Waals surface area contributed by atoms with Crippen LogP contribution in [0.5, 0.6) is 0 Å². The number of hydrogen-bond donors (Lipinski definition) is 0. The van der Waals surface area contributed by atoms with Crippen molar-refractivity contribution >= 4 is 38.2 Å². The van der Waals surface area contributed by atoms with E-state index in [1.54, 1.807) is 12.4 Å². The van der Waals surface area contributed by atoms with E-state index in [1.165, 1.54) is 25.1 Å². The first-order chi connectivity index (χ1) is 12.8. The summed E-state index contributed by atoms with van der Waals surface area (Å²) in [6, 6.07) is 15.8. The second-order valence-electron chi connectivity index (χ2n) is 5.15. The van der Waals surface area contributed by atoms with Gasteiger partial charge in [0.05, 0.1) is 6.17 Å². The Hall–Kier alpha value is -0.227. The quantitative estimate of drug-likeness (QED) is 0.433. The molecule has 3 rings (SSSR count). The molecule has 0 aliphatic carbocycles. The fourth-order valence-electron chi connectivity index (χ4n) is 2.35. The summed E-state index contributed by atoms with van der Waals surface area (Å²) >= 11 is 3.65. The maximum atomic E-state index is 5.57. The van der Waals surface area contributed by atoms with Crippen molar-refractivity contribution in [3.8, 4) is 0 Å². The number of benzene rings is 1. The van der Waals surface area contributed by atoms with Gasteiger partial charge in [-0.25, -0.2) is 8.61 Å². The van der Waals surface area contributed by atoms with Gasteiger partial charge in [-0.3, -0.25) is 4.98 Å². The number of halogens is 1. The van der Waals surface area contributed by atoms with Gasteiger partial charge in [0.25, 0.3) is 0 Å². The van der Waals surface area contributed by atoms with Crippen molar-refractivity contribution in [2.45, 2.75) is 19.5 Å². The van der Waals surface area contributed by atoms with Crippen LogP contribution in [-0.2, 0) is 15.7 Å². The van der Waals surface area contributed by atoms with Crippen LogP contribution in [-0.4, -0.2) is 50.0 Å². The van der Waals surface area contributed by atoms with Crippen molar-refractivity contribution < 1.29 is 15.7 Å². The van der Waals surface area contributed by atoms with Gasteiger partial charge < -0.3 is 0 Å². The zero-order valence-corrected chi connectivity index (χ0v) is 19.6. The van der Waals surface area contributed by atoms with E-state index < -0.39 is 0 Å². The second-order valence-corrected chi connectivity index (χ2v) is 8.61. The van der Waals surface area contributed by atoms with E-state index in [0.29, 0.717) is 6.17 Å². The van der Waals surface area contributed by atoms with Crippen LogP contribution in [0.2, 0.25) is 0 Å². The normalized spacial score (nSPS) is 15.5. The van der Waals surface area contributed by atoms with Crippen molar-refractivity contribution in [2.75, 3.05) is 25.6 Å². The van der Waals surface area contributed by atoms with Crippen molar-refractivity contribution in [1.82, 2.24) is 13.6 Å². The third kappa shape index (κ3) is 9.63. The molecule has 0 radical (unpaired) electrons. The van der Waals surface area contributed by atoms with Gasteiger partial charge in [-0.2, -0.15) is 0 Å². The minimum Gasteiger partial charge on any atom is -0.265 e. The topological polar surface area (TPSA) is 19.4 Å². The molecule has 1 aromatic carbocycles. The SMILES string of the molecule is CCC1N(SC)CCN1SC.[Cl][Ru]=[CH]c1ccccc1.c1ccncc1. The van der Waals surface area contributed by atoms with Gasteiger partial charge >= 0.3 is 65.9 Å². The molecule has 0 bridgehead atoms. The molecule has 2 heterocycles. The molecule has 0 N–H and O–H groups in total. The number of pyridine rings is 1. The van der Waals surface area contributed by atoms with E-state index in [1.807, 2.05) is 60.3 Å². The molecule has 3 nitrogen and oxygen atoms in total. The summed E-state index contributed by atoms with van der Waals surface area (Å²) in [5.74, 6) is 0. The van der Waals surface area contributed by atoms with E-state index in [0.717, 1.165) is 0 Å². The van der Waals surface area contributed by atoms with Gasteiger partial charge in [0.1, 0.15) is 0 Å². The molecule has 26 heavy (non-hydrogen) atoms. The number of aromatic nitrogens is 1. The molecule has 1 aliphatic rings. The van der Waals surface area contributed by atoms with Crippen LogP contribution in [0.4, 0.5) is 0 Å². The number of hydrogen-bond acceptors (Lipinski definition) is 5. The third-order valence-corrected chi connectivity index (χ3v) is 6.58. The first-order valence-corrected chi connectivity index (χ1v) is 13.9. The Morgan fingerprint density at radius 1 is 1.04 bits per heavy atom. The van der Waals surface area contributed by atoms with E-state index in [-0.39, 0.29) is 15.7 Å². The molecule has 1 fully saturated rings. The van der Waals surface area contributed by atoms with Crippen molar-refractivity contribution in [1.29, 1.82) is 0 Å². The Balaban J connectivity index is 0.000000203. The summed E-state index contributed by atoms with van der Waals surface area (Å²) < 4.78 is 6.97. The Morgan fingerprint density at radius 2 is 1.58 bits per heavy atom. The number of rotatable bonds is 4. The van der Waals surface area contributed by atoms with Crippen LogP contribution in [0.3, 0.4) is 0 Å². The molecule has 2 aromatic rings. The van der Waals surface area contributed by atoms with Gasteiger partial charge in [-0.1, -0.05) is 36.9 Å². The van der Waals surface area contributed by atoms with Crippen LogP contribution in [0.1, 0.15) is 18.9 Å². The molecule has 0 saturated carbocycles. The minimum atomic E-state index is -0.0765. The van der Waals surface area contributed by atoms with Gasteiger partial charge in [-0.05, 0) is 31.1 Å². The Kier molecular flexibility index (Phi) is 14.5.